The number of ether oxygens (including phenoxy) is 1. The predicted octanol–water partition coefficient (Wildman–Crippen LogP) is 7.62. The molecule has 1 aromatic heterocycles. The number of carbonyl (C=O) groups excluding carboxylic acids is 1. The molecule has 130 valence electrons. The lowest BCUT2D eigenvalue weighted by molar-refractivity contribution is 0.214. The van der Waals surface area contributed by atoms with Crippen molar-refractivity contribution in [2.45, 2.75) is 6.92 Å². The van der Waals surface area contributed by atoms with E-state index < -0.39 is 6.09 Å². The normalized spacial score (nSPS) is 11.0. The van der Waals surface area contributed by atoms with Gasteiger partial charge in [0.05, 0.1) is 15.1 Å². The maximum atomic E-state index is 12.2. The Morgan fingerprint density at radius 1 is 0.960 bits per heavy atom. The van der Waals surface area contributed by atoms with Crippen LogP contribution in [0.3, 0.4) is 0 Å². The summed E-state index contributed by atoms with van der Waals surface area (Å²) in [5.41, 5.74) is 1.38. The van der Waals surface area contributed by atoms with Gasteiger partial charge in [0, 0.05) is 10.9 Å². The molecule has 0 radical (unpaired) electrons. The largest absolute Gasteiger partial charge is 0.440 e. The minimum absolute atomic E-state index is 0.0285. The van der Waals surface area contributed by atoms with Crippen molar-refractivity contribution in [2.24, 2.45) is 0 Å². The van der Waals surface area contributed by atoms with Crippen molar-refractivity contribution in [1.29, 1.82) is 0 Å². The number of aryl methyl sites for hydroxylation is 1. The van der Waals surface area contributed by atoms with Crippen molar-refractivity contribution >= 4 is 81.0 Å². The second-order valence-corrected chi connectivity index (χ2v) is 6.86. The highest BCUT2D eigenvalue weighted by atomic mass is 35.5. The molecule has 2 aromatic carbocycles. The molecule has 1 heterocycles. The first kappa shape index (κ1) is 18.5. The summed E-state index contributed by atoms with van der Waals surface area (Å²) in [4.78, 5) is 12.2. The number of rotatable bonds is 2. The Labute approximate surface area is 167 Å². The molecule has 0 aliphatic carbocycles. The van der Waals surface area contributed by atoms with Gasteiger partial charge in [-0.3, -0.25) is 5.32 Å². The zero-order chi connectivity index (χ0) is 18.3. The van der Waals surface area contributed by atoms with Crippen LogP contribution in [0, 0.1) is 6.92 Å². The Balaban J connectivity index is 1.89. The van der Waals surface area contributed by atoms with E-state index in [0.29, 0.717) is 5.58 Å². The van der Waals surface area contributed by atoms with Crippen LogP contribution in [0.15, 0.2) is 28.7 Å². The third-order valence-electron chi connectivity index (χ3n) is 3.42. The molecule has 3 rings (SSSR count). The van der Waals surface area contributed by atoms with Crippen molar-refractivity contribution in [3.8, 4) is 5.75 Å². The quantitative estimate of drug-likeness (QED) is 0.330. The van der Waals surface area contributed by atoms with Crippen molar-refractivity contribution < 1.29 is 13.9 Å². The molecule has 0 spiro atoms. The van der Waals surface area contributed by atoms with Crippen LogP contribution in [0.1, 0.15) is 5.56 Å². The molecule has 0 atom stereocenters. The monoisotopic (exact) mass is 437 g/mol. The van der Waals surface area contributed by atoms with Gasteiger partial charge in [0.25, 0.3) is 0 Å². The third kappa shape index (κ3) is 3.37. The number of nitrogens with one attached hydrogen (secondary N) is 1. The SMILES string of the molecule is Cc1c(NC(=O)Oc2c(Cl)c(Cl)c(Cl)c(Cl)c2Cl)oc2ccccc12. The summed E-state index contributed by atoms with van der Waals surface area (Å²) in [5, 5.41) is 2.94. The van der Waals surface area contributed by atoms with Crippen LogP contribution >= 0.6 is 58.0 Å². The van der Waals surface area contributed by atoms with Crippen molar-refractivity contribution in [3.05, 3.63) is 54.9 Å². The molecule has 4 nitrogen and oxygen atoms in total. The van der Waals surface area contributed by atoms with E-state index in [9.17, 15) is 4.79 Å². The molecular formula is C16H8Cl5NO3. The van der Waals surface area contributed by atoms with Crippen LogP contribution in [0.4, 0.5) is 10.7 Å². The molecule has 0 aliphatic heterocycles. The number of hydrogen-bond donors (Lipinski definition) is 1. The van der Waals surface area contributed by atoms with Crippen LogP contribution in [0.5, 0.6) is 5.75 Å². The van der Waals surface area contributed by atoms with Crippen LogP contribution in [-0.4, -0.2) is 6.09 Å². The van der Waals surface area contributed by atoms with Crippen molar-refractivity contribution in [1.82, 2.24) is 0 Å². The van der Waals surface area contributed by atoms with E-state index in [0.717, 1.165) is 10.9 Å². The van der Waals surface area contributed by atoms with Gasteiger partial charge in [0.1, 0.15) is 15.6 Å². The number of para-hydroxylation sites is 1. The van der Waals surface area contributed by atoms with Gasteiger partial charge in [-0.1, -0.05) is 76.2 Å². The van der Waals surface area contributed by atoms with E-state index in [1.54, 1.807) is 13.0 Å². The highest BCUT2D eigenvalue weighted by Gasteiger charge is 2.23. The molecular weight excluding hydrogens is 431 g/mol. The number of halogens is 5. The molecule has 0 unspecified atom stereocenters. The van der Waals surface area contributed by atoms with E-state index in [-0.39, 0.29) is 36.7 Å². The number of fused-ring (bicyclic) bond motifs is 1. The molecule has 0 saturated carbocycles. The minimum atomic E-state index is -0.875. The molecule has 0 fully saturated rings. The van der Waals surface area contributed by atoms with Gasteiger partial charge in [-0.2, -0.15) is 0 Å². The summed E-state index contributed by atoms with van der Waals surface area (Å²) in [6.45, 7) is 1.80. The van der Waals surface area contributed by atoms with Crippen LogP contribution < -0.4 is 10.1 Å². The number of furan rings is 1. The average molecular weight is 440 g/mol. The summed E-state index contributed by atoms with van der Waals surface area (Å²) in [5.74, 6) is 0.0404. The predicted molar refractivity (Wildman–Crippen MR) is 102 cm³/mol. The summed E-state index contributed by atoms with van der Waals surface area (Å²) >= 11 is 29.8. The zero-order valence-corrected chi connectivity index (χ0v) is 16.2. The van der Waals surface area contributed by atoms with Gasteiger partial charge in [0.2, 0.25) is 5.88 Å². The second-order valence-electron chi connectivity index (χ2n) is 4.97. The summed E-state index contributed by atoms with van der Waals surface area (Å²) in [6, 6.07) is 7.34. The third-order valence-corrected chi connectivity index (χ3v) is 5.67. The number of hydrogen-bond acceptors (Lipinski definition) is 3. The first-order valence-electron chi connectivity index (χ1n) is 6.79. The van der Waals surface area contributed by atoms with Crippen molar-refractivity contribution in [2.75, 3.05) is 5.32 Å². The van der Waals surface area contributed by atoms with Crippen LogP contribution in [-0.2, 0) is 0 Å². The zero-order valence-electron chi connectivity index (χ0n) is 12.4. The number of anilines is 1. The summed E-state index contributed by atoms with van der Waals surface area (Å²) in [7, 11) is 0. The molecule has 9 heteroatoms. The maximum absolute atomic E-state index is 12.2. The molecule has 0 bridgehead atoms. The molecule has 1 N–H and O–H groups in total. The van der Waals surface area contributed by atoms with Gasteiger partial charge < -0.3 is 9.15 Å². The van der Waals surface area contributed by atoms with Gasteiger partial charge in [-0.25, -0.2) is 4.79 Å². The molecule has 0 saturated heterocycles. The fourth-order valence-electron chi connectivity index (χ4n) is 2.18. The first-order valence-corrected chi connectivity index (χ1v) is 8.68. The summed E-state index contributed by atoms with van der Waals surface area (Å²) in [6.07, 6.45) is -0.875. The van der Waals surface area contributed by atoms with E-state index >= 15 is 0 Å². The summed E-state index contributed by atoms with van der Waals surface area (Å²) < 4.78 is 10.7. The standard InChI is InChI=1S/C16H8Cl5NO3/c1-6-7-4-2-3-5-8(7)24-15(6)22-16(23)25-14-12(20)10(18)9(17)11(19)13(14)21/h2-5H,1H3,(H,22,23). The number of benzene rings is 2. The molecule has 0 aliphatic rings. The Kier molecular flexibility index (Phi) is 5.28. The van der Waals surface area contributed by atoms with Gasteiger partial charge >= 0.3 is 6.09 Å². The lowest BCUT2D eigenvalue weighted by Crippen LogP contribution is -2.17. The fourth-order valence-corrected chi connectivity index (χ4v) is 3.38. The Hall–Kier alpha value is -1.30. The second kappa shape index (κ2) is 7.14. The average Bonchev–Trinajstić information content (AvgIpc) is 2.91. The van der Waals surface area contributed by atoms with Crippen LogP contribution in [0.25, 0.3) is 11.0 Å². The lowest BCUT2D eigenvalue weighted by atomic mass is 10.2. The van der Waals surface area contributed by atoms with Crippen molar-refractivity contribution in [3.63, 3.8) is 0 Å². The first-order chi connectivity index (χ1) is 11.8. The van der Waals surface area contributed by atoms with E-state index in [4.69, 9.17) is 67.2 Å². The minimum Gasteiger partial charge on any atom is -0.440 e. The fraction of sp³-hybridized carbons (Fsp3) is 0.0625. The Bertz CT molecular complexity index is 970. The molecule has 3 aromatic rings. The lowest BCUT2D eigenvalue weighted by Gasteiger charge is -2.12. The van der Waals surface area contributed by atoms with E-state index in [1.165, 1.54) is 0 Å². The highest BCUT2D eigenvalue weighted by molar-refractivity contribution is 6.55. The number of amides is 1. The number of carbonyl (C=O) groups is 1. The Morgan fingerprint density at radius 2 is 1.52 bits per heavy atom. The van der Waals surface area contributed by atoms with E-state index in [2.05, 4.69) is 5.32 Å². The van der Waals surface area contributed by atoms with Gasteiger partial charge in [-0.15, -0.1) is 0 Å². The smallest absolute Gasteiger partial charge is 0.419 e. The van der Waals surface area contributed by atoms with Gasteiger partial charge in [0.15, 0.2) is 5.75 Å². The highest BCUT2D eigenvalue weighted by Crippen LogP contribution is 2.48. The molecule has 1 amide bonds. The van der Waals surface area contributed by atoms with Crippen LogP contribution in [0.2, 0.25) is 25.1 Å². The van der Waals surface area contributed by atoms with Gasteiger partial charge in [-0.05, 0) is 13.0 Å². The topological polar surface area (TPSA) is 51.5 Å². The molecule has 25 heavy (non-hydrogen) atoms. The van der Waals surface area contributed by atoms with E-state index in [1.807, 2.05) is 18.2 Å². The maximum Gasteiger partial charge on any atom is 0.419 e. The Morgan fingerprint density at radius 3 is 2.12 bits per heavy atom.